The minimum Gasteiger partial charge on any atom is -0.496 e. The van der Waals surface area contributed by atoms with Gasteiger partial charge in [0.15, 0.2) is 0 Å². The molecule has 2 aromatic heterocycles. The van der Waals surface area contributed by atoms with Gasteiger partial charge in [0.2, 0.25) is 0 Å². The molecular formula is C15H14N2O. The zero-order valence-electron chi connectivity index (χ0n) is 10.7. The molecule has 0 saturated heterocycles. The second kappa shape index (κ2) is 3.95. The number of ether oxygens (including phenoxy) is 1. The molecule has 0 bridgehead atoms. The normalized spacial score (nSPS) is 11.1. The molecule has 0 amide bonds. The second-order valence-electron chi connectivity index (χ2n) is 4.45. The van der Waals surface area contributed by atoms with Crippen LogP contribution < -0.4 is 4.74 Å². The van der Waals surface area contributed by atoms with Crippen LogP contribution in [0.5, 0.6) is 5.75 Å². The summed E-state index contributed by atoms with van der Waals surface area (Å²) in [5.41, 5.74) is 3.83. The van der Waals surface area contributed by atoms with Crippen molar-refractivity contribution in [2.45, 2.75) is 13.8 Å². The van der Waals surface area contributed by atoms with E-state index in [-0.39, 0.29) is 0 Å². The lowest BCUT2D eigenvalue weighted by Gasteiger charge is -2.09. The smallest absolute Gasteiger partial charge is 0.129 e. The Kier molecular flexibility index (Phi) is 2.40. The molecule has 3 nitrogen and oxygen atoms in total. The van der Waals surface area contributed by atoms with Gasteiger partial charge in [0.25, 0.3) is 0 Å². The van der Waals surface area contributed by atoms with Crippen LogP contribution in [0.1, 0.15) is 11.4 Å². The van der Waals surface area contributed by atoms with Crippen LogP contribution in [-0.2, 0) is 0 Å². The second-order valence-corrected chi connectivity index (χ2v) is 4.45. The van der Waals surface area contributed by atoms with Gasteiger partial charge in [-0.15, -0.1) is 0 Å². The fourth-order valence-electron chi connectivity index (χ4n) is 2.20. The molecule has 2 heterocycles. The Morgan fingerprint density at radius 1 is 0.889 bits per heavy atom. The van der Waals surface area contributed by atoms with E-state index < -0.39 is 0 Å². The van der Waals surface area contributed by atoms with E-state index in [2.05, 4.69) is 16.0 Å². The van der Waals surface area contributed by atoms with Crippen LogP contribution in [0.3, 0.4) is 0 Å². The van der Waals surface area contributed by atoms with Crippen LogP contribution in [0, 0.1) is 13.8 Å². The van der Waals surface area contributed by atoms with Gasteiger partial charge in [-0.2, -0.15) is 0 Å². The molecule has 0 atom stereocenters. The van der Waals surface area contributed by atoms with Crippen LogP contribution in [0.4, 0.5) is 0 Å². The molecule has 90 valence electrons. The van der Waals surface area contributed by atoms with Gasteiger partial charge in [0.05, 0.1) is 12.6 Å². The van der Waals surface area contributed by atoms with E-state index in [0.717, 1.165) is 38.9 Å². The third kappa shape index (κ3) is 1.59. The lowest BCUT2D eigenvalue weighted by molar-refractivity contribution is 0.420. The summed E-state index contributed by atoms with van der Waals surface area (Å²) in [6.45, 7) is 3.98. The number of fused-ring (bicyclic) bond motifs is 3. The Morgan fingerprint density at radius 3 is 2.28 bits per heavy atom. The van der Waals surface area contributed by atoms with E-state index in [1.807, 2.05) is 38.1 Å². The Morgan fingerprint density at radius 2 is 1.56 bits per heavy atom. The molecule has 0 spiro atoms. The van der Waals surface area contributed by atoms with Crippen LogP contribution in [0.15, 0.2) is 30.3 Å². The Hall–Kier alpha value is -2.16. The van der Waals surface area contributed by atoms with Crippen LogP contribution >= 0.6 is 0 Å². The number of aryl methyl sites for hydroxylation is 2. The molecule has 0 N–H and O–H groups in total. The van der Waals surface area contributed by atoms with Crippen LogP contribution in [0.2, 0.25) is 0 Å². The quantitative estimate of drug-likeness (QED) is 0.609. The molecule has 0 aliphatic rings. The molecule has 0 fully saturated rings. The van der Waals surface area contributed by atoms with E-state index in [0.29, 0.717) is 0 Å². The zero-order chi connectivity index (χ0) is 12.7. The minimum atomic E-state index is 0.843. The molecule has 3 heteroatoms. The lowest BCUT2D eigenvalue weighted by Crippen LogP contribution is -1.93. The summed E-state index contributed by atoms with van der Waals surface area (Å²) < 4.78 is 5.44. The Labute approximate surface area is 105 Å². The first kappa shape index (κ1) is 11.0. The van der Waals surface area contributed by atoms with Crippen molar-refractivity contribution >= 4 is 21.8 Å². The molecule has 0 unspecified atom stereocenters. The van der Waals surface area contributed by atoms with Crippen molar-refractivity contribution in [3.63, 3.8) is 0 Å². The van der Waals surface area contributed by atoms with Crippen LogP contribution in [0.25, 0.3) is 21.8 Å². The number of pyridine rings is 2. The first-order chi connectivity index (χ1) is 8.69. The number of hydrogen-bond donors (Lipinski definition) is 0. The highest BCUT2D eigenvalue weighted by Gasteiger charge is 2.09. The fourth-order valence-corrected chi connectivity index (χ4v) is 2.20. The molecule has 18 heavy (non-hydrogen) atoms. The average Bonchev–Trinajstić information content (AvgIpc) is 2.38. The van der Waals surface area contributed by atoms with Gasteiger partial charge < -0.3 is 4.74 Å². The van der Waals surface area contributed by atoms with E-state index in [1.54, 1.807) is 7.11 Å². The molecule has 3 rings (SSSR count). The van der Waals surface area contributed by atoms with Gasteiger partial charge >= 0.3 is 0 Å². The number of nitrogens with zero attached hydrogens (tertiary/aromatic N) is 2. The topological polar surface area (TPSA) is 35.0 Å². The van der Waals surface area contributed by atoms with E-state index >= 15 is 0 Å². The molecule has 3 aromatic rings. The minimum absolute atomic E-state index is 0.843. The molecule has 1 aromatic carbocycles. The van der Waals surface area contributed by atoms with Crippen molar-refractivity contribution < 1.29 is 4.74 Å². The Bertz CT molecular complexity index is 750. The van der Waals surface area contributed by atoms with Crippen molar-refractivity contribution in [1.29, 1.82) is 0 Å². The van der Waals surface area contributed by atoms with Gasteiger partial charge in [-0.05, 0) is 38.1 Å². The third-order valence-electron chi connectivity index (χ3n) is 3.10. The predicted molar refractivity (Wildman–Crippen MR) is 73.1 cm³/mol. The first-order valence-electron chi connectivity index (χ1n) is 5.91. The largest absolute Gasteiger partial charge is 0.496 e. The van der Waals surface area contributed by atoms with Crippen molar-refractivity contribution in [3.8, 4) is 5.75 Å². The summed E-state index contributed by atoms with van der Waals surface area (Å²) in [4.78, 5) is 9.21. The zero-order valence-corrected chi connectivity index (χ0v) is 10.7. The van der Waals surface area contributed by atoms with E-state index in [4.69, 9.17) is 4.74 Å². The summed E-state index contributed by atoms with van der Waals surface area (Å²) in [6, 6.07) is 10.1. The molecule has 0 aliphatic heterocycles. The van der Waals surface area contributed by atoms with Gasteiger partial charge in [-0.25, -0.2) is 0 Å². The number of aromatic nitrogens is 2. The highest BCUT2D eigenvalue weighted by atomic mass is 16.5. The van der Waals surface area contributed by atoms with E-state index in [9.17, 15) is 0 Å². The fraction of sp³-hybridized carbons (Fsp3) is 0.200. The van der Waals surface area contributed by atoms with Gasteiger partial charge in [0.1, 0.15) is 11.3 Å². The highest BCUT2D eigenvalue weighted by molar-refractivity contribution is 6.06. The summed E-state index contributed by atoms with van der Waals surface area (Å²) in [6.07, 6.45) is 0. The van der Waals surface area contributed by atoms with Gasteiger partial charge in [-0.3, -0.25) is 9.97 Å². The third-order valence-corrected chi connectivity index (χ3v) is 3.10. The lowest BCUT2D eigenvalue weighted by atomic mass is 10.1. The summed E-state index contributed by atoms with van der Waals surface area (Å²) in [5.74, 6) is 0.843. The molecule has 0 aliphatic carbocycles. The molecule has 0 saturated carbocycles. The monoisotopic (exact) mass is 238 g/mol. The summed E-state index contributed by atoms with van der Waals surface area (Å²) in [5, 5.41) is 2.07. The predicted octanol–water partition coefficient (Wildman–Crippen LogP) is 3.41. The number of benzene rings is 1. The average molecular weight is 238 g/mol. The standard InChI is InChI=1S/C15H14N2O/c1-9-4-6-11-8-13(18-3)12-7-5-10(2)17-15(12)14(11)16-9/h4-8H,1-3H3. The van der Waals surface area contributed by atoms with Crippen molar-refractivity contribution in [3.05, 3.63) is 41.7 Å². The van der Waals surface area contributed by atoms with Crippen molar-refractivity contribution in [2.75, 3.05) is 7.11 Å². The number of rotatable bonds is 1. The summed E-state index contributed by atoms with van der Waals surface area (Å²) in [7, 11) is 1.68. The van der Waals surface area contributed by atoms with Crippen molar-refractivity contribution in [2.24, 2.45) is 0 Å². The van der Waals surface area contributed by atoms with Gasteiger partial charge in [-0.1, -0.05) is 6.07 Å². The first-order valence-corrected chi connectivity index (χ1v) is 5.91. The summed E-state index contributed by atoms with van der Waals surface area (Å²) >= 11 is 0. The number of methoxy groups -OCH3 is 1. The van der Waals surface area contributed by atoms with E-state index in [1.165, 1.54) is 0 Å². The van der Waals surface area contributed by atoms with Crippen LogP contribution in [-0.4, -0.2) is 17.1 Å². The van der Waals surface area contributed by atoms with Crippen molar-refractivity contribution in [1.82, 2.24) is 9.97 Å². The highest BCUT2D eigenvalue weighted by Crippen LogP contribution is 2.31. The maximum Gasteiger partial charge on any atom is 0.129 e. The Balaban J connectivity index is 2.55. The maximum absolute atomic E-state index is 5.44. The molecule has 0 radical (unpaired) electrons. The maximum atomic E-state index is 5.44. The van der Waals surface area contributed by atoms with Gasteiger partial charge in [0, 0.05) is 22.2 Å². The molecular weight excluding hydrogens is 224 g/mol. The number of hydrogen-bond acceptors (Lipinski definition) is 3. The SMILES string of the molecule is COc1cc2ccc(C)nc2c2nc(C)ccc12.